The number of nitrogens with zero attached hydrogens (tertiary/aromatic N) is 2. The van der Waals surface area contributed by atoms with Crippen LogP contribution in [0.1, 0.15) is 22.3 Å². The molecule has 0 aliphatic carbocycles. The van der Waals surface area contributed by atoms with Gasteiger partial charge in [0.25, 0.3) is 5.56 Å². The lowest BCUT2D eigenvalue weighted by Crippen LogP contribution is -2.24. The maximum Gasteiger partial charge on any atom is 0.272 e. The van der Waals surface area contributed by atoms with Gasteiger partial charge in [0.1, 0.15) is 4.70 Å². The molecule has 2 heterocycles. The van der Waals surface area contributed by atoms with Crippen molar-refractivity contribution < 1.29 is 4.79 Å². The summed E-state index contributed by atoms with van der Waals surface area (Å²) < 4.78 is 2.27. The smallest absolute Gasteiger partial charge is 0.272 e. The van der Waals surface area contributed by atoms with E-state index in [1.807, 2.05) is 36.6 Å². The van der Waals surface area contributed by atoms with Crippen molar-refractivity contribution in [1.29, 1.82) is 0 Å². The summed E-state index contributed by atoms with van der Waals surface area (Å²) in [6, 6.07) is 13.5. The predicted molar refractivity (Wildman–Crippen MR) is 134 cm³/mol. The average Bonchev–Trinajstić information content (AvgIpc) is 3.23. The summed E-state index contributed by atoms with van der Waals surface area (Å²) in [6.45, 7) is 6.40. The van der Waals surface area contributed by atoms with E-state index in [9.17, 15) is 9.59 Å². The molecule has 1 N–H and O–H groups in total. The van der Waals surface area contributed by atoms with Crippen molar-refractivity contribution in [3.05, 3.63) is 85.5 Å². The predicted octanol–water partition coefficient (Wildman–Crippen LogP) is 5.82. The molecule has 0 aliphatic rings. The molecule has 0 bridgehead atoms. The van der Waals surface area contributed by atoms with Crippen molar-refractivity contribution in [3.8, 4) is 0 Å². The van der Waals surface area contributed by atoms with Crippen LogP contribution in [0.3, 0.4) is 0 Å². The lowest BCUT2D eigenvalue weighted by Gasteiger charge is -2.14. The third kappa shape index (κ3) is 4.75. The number of nitrogens with one attached hydrogen (secondary N) is 1. The molecule has 0 unspecified atom stereocenters. The number of rotatable bonds is 6. The molecule has 0 radical (unpaired) electrons. The molecule has 1 amide bonds. The van der Waals surface area contributed by atoms with Gasteiger partial charge in [0.15, 0.2) is 5.16 Å². The fourth-order valence-corrected chi connectivity index (χ4v) is 5.20. The van der Waals surface area contributed by atoms with Crippen molar-refractivity contribution in [1.82, 2.24) is 9.55 Å². The standard InChI is InChI=1S/C24H22ClN3O2S2/c1-14-7-8-17(11-16(14)3)12-28-23(30)22-19(9-10-31-22)26-24(28)32-13-20(29)27-21-15(2)5-4-6-18(21)25/h4-11H,12-13H2,1-3H3,(H,27,29). The molecule has 8 heteroatoms. The van der Waals surface area contributed by atoms with Gasteiger partial charge in [0, 0.05) is 0 Å². The fourth-order valence-electron chi connectivity index (χ4n) is 3.35. The van der Waals surface area contributed by atoms with E-state index in [1.54, 1.807) is 10.6 Å². The number of hydrogen-bond acceptors (Lipinski definition) is 5. The maximum absolute atomic E-state index is 13.2. The lowest BCUT2D eigenvalue weighted by molar-refractivity contribution is -0.113. The molecule has 164 valence electrons. The molecule has 5 nitrogen and oxygen atoms in total. The number of aryl methyl sites for hydroxylation is 3. The first kappa shape index (κ1) is 22.6. The summed E-state index contributed by atoms with van der Waals surface area (Å²) >= 11 is 8.86. The Morgan fingerprint density at radius 1 is 1.12 bits per heavy atom. The highest BCUT2D eigenvalue weighted by Crippen LogP contribution is 2.26. The molecule has 0 fully saturated rings. The first-order valence-electron chi connectivity index (χ1n) is 10.1. The van der Waals surface area contributed by atoms with E-state index in [2.05, 4.69) is 36.3 Å². The van der Waals surface area contributed by atoms with Gasteiger partial charge >= 0.3 is 0 Å². The van der Waals surface area contributed by atoms with Gasteiger partial charge < -0.3 is 5.32 Å². The lowest BCUT2D eigenvalue weighted by atomic mass is 10.1. The molecule has 4 rings (SSSR count). The van der Waals surface area contributed by atoms with Gasteiger partial charge in [-0.1, -0.05) is 53.7 Å². The number of carbonyl (C=O) groups is 1. The highest BCUT2D eigenvalue weighted by Gasteiger charge is 2.16. The van der Waals surface area contributed by atoms with Gasteiger partial charge in [-0.15, -0.1) is 11.3 Å². The fraction of sp³-hybridized carbons (Fsp3) is 0.208. The highest BCUT2D eigenvalue weighted by atomic mass is 35.5. The van der Waals surface area contributed by atoms with Crippen LogP contribution >= 0.6 is 34.7 Å². The zero-order valence-electron chi connectivity index (χ0n) is 17.9. The number of anilines is 1. The Kier molecular flexibility index (Phi) is 6.69. The number of hydrogen-bond donors (Lipinski definition) is 1. The molecular weight excluding hydrogens is 462 g/mol. The summed E-state index contributed by atoms with van der Waals surface area (Å²) in [5, 5.41) is 5.75. The Hall–Kier alpha value is -2.61. The van der Waals surface area contributed by atoms with E-state index < -0.39 is 0 Å². The second kappa shape index (κ2) is 9.48. The molecule has 0 saturated carbocycles. The van der Waals surface area contributed by atoms with Gasteiger partial charge in [0.05, 0.1) is 28.5 Å². The highest BCUT2D eigenvalue weighted by molar-refractivity contribution is 7.99. The van der Waals surface area contributed by atoms with Crippen LogP contribution < -0.4 is 10.9 Å². The number of carbonyl (C=O) groups excluding carboxylic acids is 1. The second-order valence-corrected chi connectivity index (χ2v) is 9.87. The number of fused-ring (bicyclic) bond motifs is 1. The normalized spacial score (nSPS) is 11.1. The van der Waals surface area contributed by atoms with Crippen molar-refractivity contribution in [2.45, 2.75) is 32.5 Å². The summed E-state index contributed by atoms with van der Waals surface area (Å²) in [4.78, 5) is 30.5. The van der Waals surface area contributed by atoms with E-state index in [1.165, 1.54) is 34.2 Å². The van der Waals surface area contributed by atoms with Crippen molar-refractivity contribution >= 4 is 56.5 Å². The second-order valence-electron chi connectivity index (χ2n) is 7.61. The van der Waals surface area contributed by atoms with Crippen LogP contribution in [0.25, 0.3) is 10.2 Å². The minimum absolute atomic E-state index is 0.0897. The maximum atomic E-state index is 13.2. The van der Waals surface area contributed by atoms with Crippen molar-refractivity contribution in [2.24, 2.45) is 0 Å². The first-order valence-corrected chi connectivity index (χ1v) is 12.3. The number of aromatic nitrogens is 2. The van der Waals surface area contributed by atoms with E-state index in [-0.39, 0.29) is 17.2 Å². The zero-order valence-corrected chi connectivity index (χ0v) is 20.3. The topological polar surface area (TPSA) is 64.0 Å². The summed E-state index contributed by atoms with van der Waals surface area (Å²) in [6.07, 6.45) is 0. The Balaban J connectivity index is 1.61. The number of amides is 1. The quantitative estimate of drug-likeness (QED) is 0.277. The van der Waals surface area contributed by atoms with Crippen LogP contribution in [0.4, 0.5) is 5.69 Å². The molecule has 0 aliphatic heterocycles. The van der Waals surface area contributed by atoms with Crippen LogP contribution in [-0.4, -0.2) is 21.2 Å². The minimum Gasteiger partial charge on any atom is -0.324 e. The monoisotopic (exact) mass is 483 g/mol. The first-order chi connectivity index (χ1) is 15.3. The average molecular weight is 484 g/mol. The molecular formula is C24H22ClN3O2S2. The van der Waals surface area contributed by atoms with Crippen LogP contribution in [0, 0.1) is 20.8 Å². The van der Waals surface area contributed by atoms with Gasteiger partial charge in [0.2, 0.25) is 5.91 Å². The number of halogens is 1. The van der Waals surface area contributed by atoms with Gasteiger partial charge in [-0.25, -0.2) is 4.98 Å². The number of benzene rings is 2. The number of thioether (sulfide) groups is 1. The molecule has 2 aromatic heterocycles. The minimum atomic E-state index is -0.205. The molecule has 32 heavy (non-hydrogen) atoms. The zero-order chi connectivity index (χ0) is 22.8. The summed E-state index contributed by atoms with van der Waals surface area (Å²) in [5.41, 5.74) is 5.45. The molecule has 4 aromatic rings. The molecule has 0 spiro atoms. The number of para-hydroxylation sites is 1. The van der Waals surface area contributed by atoms with E-state index in [4.69, 9.17) is 11.6 Å². The summed E-state index contributed by atoms with van der Waals surface area (Å²) in [7, 11) is 0. The Labute approximate surface area is 199 Å². The van der Waals surface area contributed by atoms with Crippen molar-refractivity contribution in [2.75, 3.05) is 11.1 Å². The van der Waals surface area contributed by atoms with E-state index >= 15 is 0 Å². The van der Waals surface area contributed by atoms with Gasteiger partial charge in [-0.2, -0.15) is 0 Å². The Bertz CT molecular complexity index is 1360. The van der Waals surface area contributed by atoms with E-state index in [0.29, 0.717) is 32.6 Å². The third-order valence-corrected chi connectivity index (χ3v) is 7.44. The molecule has 2 aromatic carbocycles. The molecule has 0 saturated heterocycles. The van der Waals surface area contributed by atoms with Crippen LogP contribution in [0.15, 0.2) is 57.8 Å². The Morgan fingerprint density at radius 2 is 1.94 bits per heavy atom. The third-order valence-electron chi connectivity index (χ3n) is 5.26. The number of thiophene rings is 1. The van der Waals surface area contributed by atoms with Crippen molar-refractivity contribution in [3.63, 3.8) is 0 Å². The van der Waals surface area contributed by atoms with Gasteiger partial charge in [-0.05, 0) is 60.5 Å². The Morgan fingerprint density at radius 3 is 2.69 bits per heavy atom. The van der Waals surface area contributed by atoms with Crippen LogP contribution in [-0.2, 0) is 11.3 Å². The van der Waals surface area contributed by atoms with Crippen LogP contribution in [0.2, 0.25) is 5.02 Å². The largest absolute Gasteiger partial charge is 0.324 e. The van der Waals surface area contributed by atoms with E-state index in [0.717, 1.165) is 11.1 Å². The van der Waals surface area contributed by atoms with Gasteiger partial charge in [-0.3, -0.25) is 14.2 Å². The molecule has 0 atom stereocenters. The summed E-state index contributed by atoms with van der Waals surface area (Å²) in [5.74, 6) is -0.0942. The SMILES string of the molecule is Cc1ccc(Cn2c(SCC(=O)Nc3c(C)cccc3Cl)nc3ccsc3c2=O)cc1C. The van der Waals surface area contributed by atoms with Crippen LogP contribution in [0.5, 0.6) is 0 Å².